The molecule has 1 aromatic rings. The van der Waals surface area contributed by atoms with E-state index in [0.717, 1.165) is 5.56 Å². The van der Waals surface area contributed by atoms with Crippen molar-refractivity contribution >= 4 is 13.4 Å². The zero-order valence-electron chi connectivity index (χ0n) is 11.4. The molecule has 0 heterocycles. The van der Waals surface area contributed by atoms with E-state index in [4.69, 9.17) is 13.8 Å². The van der Waals surface area contributed by atoms with Gasteiger partial charge in [0.1, 0.15) is 12.3 Å². The van der Waals surface area contributed by atoms with Crippen LogP contribution in [0.4, 0.5) is 0 Å². The molecule has 0 unspecified atom stereocenters. The highest BCUT2D eigenvalue weighted by atomic mass is 31.2. The summed E-state index contributed by atoms with van der Waals surface area (Å²) >= 11 is 0. The quantitative estimate of drug-likeness (QED) is 0.687. The highest BCUT2D eigenvalue weighted by Gasteiger charge is 2.28. The molecule has 0 radical (unpaired) electrons. The van der Waals surface area contributed by atoms with Crippen LogP contribution in [-0.2, 0) is 29.8 Å². The molecule has 0 bridgehead atoms. The molecule has 0 saturated heterocycles. The molecule has 0 saturated carbocycles. The average molecular weight is 286 g/mol. The summed E-state index contributed by atoms with van der Waals surface area (Å²) in [6.45, 7) is 1.96. The zero-order valence-corrected chi connectivity index (χ0v) is 12.3. The normalized spacial score (nSPS) is 13.2. The molecule has 0 aliphatic rings. The topological polar surface area (TPSA) is 61.8 Å². The fourth-order valence-electron chi connectivity index (χ4n) is 1.41. The number of ketones is 1. The van der Waals surface area contributed by atoms with E-state index >= 15 is 0 Å². The molecule has 0 aliphatic heterocycles. The number of carbonyl (C=O) groups is 1. The summed E-state index contributed by atoms with van der Waals surface area (Å²) in [5, 5.41) is 0. The first-order valence-corrected chi connectivity index (χ1v) is 7.62. The summed E-state index contributed by atoms with van der Waals surface area (Å²) in [5.74, 6) is -0.303. The van der Waals surface area contributed by atoms with Crippen molar-refractivity contribution in [1.82, 2.24) is 0 Å². The minimum atomic E-state index is -3.32. The van der Waals surface area contributed by atoms with Crippen molar-refractivity contribution in [3.8, 4) is 0 Å². The Hall–Kier alpha value is -1.00. The van der Waals surface area contributed by atoms with Gasteiger partial charge in [0.15, 0.2) is 5.78 Å². The second kappa shape index (κ2) is 7.56. The van der Waals surface area contributed by atoms with Crippen LogP contribution in [0.3, 0.4) is 0 Å². The molecule has 19 heavy (non-hydrogen) atoms. The first-order valence-electron chi connectivity index (χ1n) is 5.89. The lowest BCUT2D eigenvalue weighted by atomic mass is 10.2. The molecular weight excluding hydrogens is 267 g/mol. The predicted octanol–water partition coefficient (Wildman–Crippen LogP) is 2.65. The molecule has 0 fully saturated rings. The summed E-state index contributed by atoms with van der Waals surface area (Å²) < 4.78 is 26.7. The Kier molecular flexibility index (Phi) is 6.38. The van der Waals surface area contributed by atoms with Gasteiger partial charge in [-0.3, -0.25) is 9.36 Å². The minimum Gasteiger partial charge on any atom is -0.366 e. The third-order valence-electron chi connectivity index (χ3n) is 2.70. The van der Waals surface area contributed by atoms with Gasteiger partial charge >= 0.3 is 7.60 Å². The van der Waals surface area contributed by atoms with E-state index in [9.17, 15) is 9.36 Å². The monoisotopic (exact) mass is 286 g/mol. The van der Waals surface area contributed by atoms with Gasteiger partial charge in [-0.1, -0.05) is 30.3 Å². The van der Waals surface area contributed by atoms with Crippen LogP contribution in [0, 0.1) is 0 Å². The molecule has 5 nitrogen and oxygen atoms in total. The fourth-order valence-corrected chi connectivity index (χ4v) is 2.46. The zero-order chi connectivity index (χ0) is 14.3. The second-order valence-electron chi connectivity index (χ2n) is 4.04. The van der Waals surface area contributed by atoms with Gasteiger partial charge in [0.05, 0.1) is 6.61 Å². The molecule has 106 valence electrons. The molecule has 0 aromatic heterocycles. The van der Waals surface area contributed by atoms with Gasteiger partial charge < -0.3 is 13.8 Å². The summed E-state index contributed by atoms with van der Waals surface area (Å²) in [6.07, 6.45) is -0.936. The minimum absolute atomic E-state index is 0.282. The lowest BCUT2D eigenvalue weighted by Crippen LogP contribution is -2.24. The van der Waals surface area contributed by atoms with Crippen LogP contribution >= 0.6 is 7.60 Å². The van der Waals surface area contributed by atoms with E-state index in [1.165, 1.54) is 14.2 Å². The number of rotatable bonds is 8. The maximum absolute atomic E-state index is 11.8. The lowest BCUT2D eigenvalue weighted by molar-refractivity contribution is -0.127. The maximum Gasteiger partial charge on any atom is 0.337 e. The number of hydrogen-bond acceptors (Lipinski definition) is 5. The van der Waals surface area contributed by atoms with Crippen LogP contribution in [0.15, 0.2) is 30.3 Å². The summed E-state index contributed by atoms with van der Waals surface area (Å²) in [4.78, 5) is 11.8. The Morgan fingerprint density at radius 1 is 1.21 bits per heavy atom. The molecule has 1 aromatic carbocycles. The van der Waals surface area contributed by atoms with Crippen molar-refractivity contribution in [3.05, 3.63) is 35.9 Å². The number of Topliss-reactive ketones (excluding diaryl/α,β-unsaturated/α-hetero) is 1. The number of carbonyl (C=O) groups excluding carboxylic acids is 1. The van der Waals surface area contributed by atoms with Gasteiger partial charge in [-0.25, -0.2) is 0 Å². The van der Waals surface area contributed by atoms with E-state index in [-0.39, 0.29) is 11.9 Å². The van der Waals surface area contributed by atoms with Crippen molar-refractivity contribution < 1.29 is 23.1 Å². The predicted molar refractivity (Wildman–Crippen MR) is 72.2 cm³/mol. The lowest BCUT2D eigenvalue weighted by Gasteiger charge is -2.16. The molecular formula is C13H19O5P. The van der Waals surface area contributed by atoms with Gasteiger partial charge in [-0.2, -0.15) is 0 Å². The van der Waals surface area contributed by atoms with E-state index in [2.05, 4.69) is 0 Å². The first kappa shape index (κ1) is 16.1. The van der Waals surface area contributed by atoms with Crippen molar-refractivity contribution in [2.75, 3.05) is 20.4 Å². The van der Waals surface area contributed by atoms with E-state index in [0.29, 0.717) is 6.61 Å². The largest absolute Gasteiger partial charge is 0.366 e. The summed E-state index contributed by atoms with van der Waals surface area (Å²) in [5.41, 5.74) is 0.976. The van der Waals surface area contributed by atoms with Crippen LogP contribution < -0.4 is 0 Å². The SMILES string of the molecule is COP(=O)(CC(=O)[C@@H](C)OCc1ccccc1)OC. The smallest absolute Gasteiger partial charge is 0.337 e. The van der Waals surface area contributed by atoms with Gasteiger partial charge in [0.25, 0.3) is 0 Å². The highest BCUT2D eigenvalue weighted by molar-refractivity contribution is 7.54. The van der Waals surface area contributed by atoms with Crippen LogP contribution in [0.2, 0.25) is 0 Å². The number of benzene rings is 1. The van der Waals surface area contributed by atoms with E-state index in [1.807, 2.05) is 30.3 Å². The third kappa shape index (κ3) is 5.25. The van der Waals surface area contributed by atoms with Crippen molar-refractivity contribution in [2.24, 2.45) is 0 Å². The molecule has 1 atom stereocenters. The Balaban J connectivity index is 2.47. The van der Waals surface area contributed by atoms with Crippen molar-refractivity contribution in [3.63, 3.8) is 0 Å². The van der Waals surface area contributed by atoms with Gasteiger partial charge in [-0.15, -0.1) is 0 Å². The maximum atomic E-state index is 11.8. The Morgan fingerprint density at radius 3 is 2.32 bits per heavy atom. The molecule has 6 heteroatoms. The van der Waals surface area contributed by atoms with Crippen LogP contribution in [-0.4, -0.2) is 32.3 Å². The standard InChI is InChI=1S/C13H19O5P/c1-11(13(14)10-19(15,16-2)17-3)18-9-12-7-5-4-6-8-12/h4-8,11H,9-10H2,1-3H3/t11-/m1/s1. The molecule has 0 amide bonds. The second-order valence-corrected chi connectivity index (χ2v) is 6.31. The van der Waals surface area contributed by atoms with Crippen molar-refractivity contribution in [1.29, 1.82) is 0 Å². The molecule has 1 rings (SSSR count). The van der Waals surface area contributed by atoms with Crippen LogP contribution in [0.5, 0.6) is 0 Å². The summed E-state index contributed by atoms with van der Waals surface area (Å²) in [7, 11) is -0.802. The molecule has 0 aliphatic carbocycles. The van der Waals surface area contributed by atoms with Crippen LogP contribution in [0.25, 0.3) is 0 Å². The first-order chi connectivity index (χ1) is 9.00. The highest BCUT2D eigenvalue weighted by Crippen LogP contribution is 2.46. The Labute approximate surface area is 113 Å². The molecule has 0 spiro atoms. The van der Waals surface area contributed by atoms with E-state index in [1.54, 1.807) is 6.92 Å². The average Bonchev–Trinajstić information content (AvgIpc) is 2.45. The molecule has 0 N–H and O–H groups in total. The van der Waals surface area contributed by atoms with Gasteiger partial charge in [-0.05, 0) is 12.5 Å². The number of hydrogen-bond donors (Lipinski definition) is 0. The van der Waals surface area contributed by atoms with Gasteiger partial charge in [0.2, 0.25) is 0 Å². The fraction of sp³-hybridized carbons (Fsp3) is 0.462. The Morgan fingerprint density at radius 2 is 1.79 bits per heavy atom. The Bertz CT molecular complexity index is 438. The van der Waals surface area contributed by atoms with Crippen molar-refractivity contribution in [2.45, 2.75) is 19.6 Å². The van der Waals surface area contributed by atoms with Crippen LogP contribution in [0.1, 0.15) is 12.5 Å². The van der Waals surface area contributed by atoms with E-state index < -0.39 is 13.7 Å². The third-order valence-corrected chi connectivity index (χ3v) is 4.51. The summed E-state index contributed by atoms with van der Waals surface area (Å²) in [6, 6.07) is 9.52. The number of ether oxygens (including phenoxy) is 1. The van der Waals surface area contributed by atoms with Gasteiger partial charge in [0, 0.05) is 14.2 Å².